The fourth-order valence-corrected chi connectivity index (χ4v) is 2.93. The number of para-hydroxylation sites is 1. The first kappa shape index (κ1) is 14.5. The Morgan fingerprint density at radius 3 is 3.00 bits per heavy atom. The summed E-state index contributed by atoms with van der Waals surface area (Å²) >= 11 is 0. The maximum absolute atomic E-state index is 12.3. The van der Waals surface area contributed by atoms with Gasteiger partial charge in [0.05, 0.1) is 12.7 Å². The molecule has 8 nitrogen and oxygen atoms in total. The van der Waals surface area contributed by atoms with E-state index in [-0.39, 0.29) is 0 Å². The topological polar surface area (TPSA) is 91.6 Å². The average molecular weight is 344 g/mol. The van der Waals surface area contributed by atoms with E-state index in [2.05, 4.69) is 20.3 Å². The fraction of sp³-hybridized carbons (Fsp3) is 0.0556. The molecule has 0 saturated heterocycles. The molecule has 0 unspecified atom stereocenters. The molecule has 0 saturated carbocycles. The van der Waals surface area contributed by atoms with E-state index in [4.69, 9.17) is 4.42 Å². The van der Waals surface area contributed by atoms with Gasteiger partial charge in [0.1, 0.15) is 23.3 Å². The number of rotatable bonds is 3. The van der Waals surface area contributed by atoms with Crippen LogP contribution < -0.4 is 5.63 Å². The molecular weight excluding hydrogens is 332 g/mol. The van der Waals surface area contributed by atoms with Gasteiger partial charge in [-0.3, -0.25) is 0 Å². The van der Waals surface area contributed by atoms with Gasteiger partial charge < -0.3 is 8.98 Å². The summed E-state index contributed by atoms with van der Waals surface area (Å²) in [5.74, 6) is 0. The first-order chi connectivity index (χ1) is 12.8. The zero-order valence-electron chi connectivity index (χ0n) is 13.5. The minimum Gasteiger partial charge on any atom is -0.421 e. The summed E-state index contributed by atoms with van der Waals surface area (Å²) in [5, 5.41) is 10.0. The minimum atomic E-state index is -0.459. The van der Waals surface area contributed by atoms with Crippen molar-refractivity contribution in [3.63, 3.8) is 0 Å². The van der Waals surface area contributed by atoms with Crippen LogP contribution in [0.1, 0.15) is 5.69 Å². The van der Waals surface area contributed by atoms with Crippen molar-refractivity contribution in [1.29, 1.82) is 0 Å². The van der Waals surface area contributed by atoms with E-state index in [0.717, 1.165) is 16.4 Å². The van der Waals surface area contributed by atoms with Gasteiger partial charge in [-0.25, -0.2) is 19.4 Å². The van der Waals surface area contributed by atoms with Crippen molar-refractivity contribution >= 4 is 22.0 Å². The molecule has 126 valence electrons. The van der Waals surface area contributed by atoms with Crippen LogP contribution in [-0.4, -0.2) is 29.5 Å². The lowest BCUT2D eigenvalue weighted by molar-refractivity contribution is 0.550. The maximum Gasteiger partial charge on any atom is 0.362 e. The van der Waals surface area contributed by atoms with Crippen LogP contribution in [0.4, 0.5) is 0 Å². The molecule has 5 aromatic rings. The SMILES string of the molecule is O=c1oc2ccccc2cc1-n1cc(Cn2ccc3cncnc32)nn1. The van der Waals surface area contributed by atoms with E-state index in [1.807, 2.05) is 35.0 Å². The van der Waals surface area contributed by atoms with Gasteiger partial charge in [0.15, 0.2) is 5.69 Å². The lowest BCUT2D eigenvalue weighted by Gasteiger charge is -2.01. The molecule has 0 atom stereocenters. The third kappa shape index (κ3) is 2.35. The second-order valence-corrected chi connectivity index (χ2v) is 5.86. The summed E-state index contributed by atoms with van der Waals surface area (Å²) in [6, 6.07) is 11.0. The normalized spacial score (nSPS) is 11.4. The molecule has 0 N–H and O–H groups in total. The van der Waals surface area contributed by atoms with Gasteiger partial charge in [-0.05, 0) is 18.2 Å². The van der Waals surface area contributed by atoms with Gasteiger partial charge >= 0.3 is 5.63 Å². The van der Waals surface area contributed by atoms with Crippen LogP contribution in [-0.2, 0) is 6.54 Å². The molecule has 0 fully saturated rings. The van der Waals surface area contributed by atoms with Crippen molar-refractivity contribution in [3.05, 3.63) is 77.4 Å². The Morgan fingerprint density at radius 2 is 2.04 bits per heavy atom. The lowest BCUT2D eigenvalue weighted by atomic mass is 10.2. The Balaban J connectivity index is 1.52. The predicted molar refractivity (Wildman–Crippen MR) is 94.0 cm³/mol. The molecular formula is C18H12N6O2. The number of hydrogen-bond acceptors (Lipinski definition) is 6. The Labute approximate surface area is 146 Å². The van der Waals surface area contributed by atoms with E-state index < -0.39 is 5.63 Å². The maximum atomic E-state index is 12.3. The molecule has 4 aromatic heterocycles. The molecule has 0 aliphatic rings. The Bertz CT molecular complexity index is 1300. The highest BCUT2D eigenvalue weighted by Crippen LogP contribution is 2.16. The Kier molecular flexibility index (Phi) is 3.14. The quantitative estimate of drug-likeness (QED) is 0.466. The molecule has 1 aromatic carbocycles. The van der Waals surface area contributed by atoms with Crippen LogP contribution in [0, 0.1) is 0 Å². The molecule has 0 bridgehead atoms. The first-order valence-corrected chi connectivity index (χ1v) is 7.97. The highest BCUT2D eigenvalue weighted by Gasteiger charge is 2.11. The molecule has 0 amide bonds. The number of nitrogens with zero attached hydrogens (tertiary/aromatic N) is 6. The zero-order chi connectivity index (χ0) is 17.5. The third-order valence-electron chi connectivity index (χ3n) is 4.17. The molecule has 26 heavy (non-hydrogen) atoms. The van der Waals surface area contributed by atoms with Crippen LogP contribution in [0.2, 0.25) is 0 Å². The predicted octanol–water partition coefficient (Wildman–Crippen LogP) is 2.17. The molecule has 0 aliphatic heterocycles. The van der Waals surface area contributed by atoms with Crippen LogP contribution in [0.3, 0.4) is 0 Å². The summed E-state index contributed by atoms with van der Waals surface area (Å²) in [4.78, 5) is 20.5. The minimum absolute atomic E-state index is 0.321. The van der Waals surface area contributed by atoms with Gasteiger partial charge in [-0.1, -0.05) is 23.4 Å². The average Bonchev–Trinajstić information content (AvgIpc) is 3.29. The second kappa shape index (κ2) is 5.62. The Hall–Kier alpha value is -3.81. The Morgan fingerprint density at radius 1 is 1.12 bits per heavy atom. The standard InChI is InChI=1S/C18H12N6O2/c25-18-15(7-12-3-1-2-4-16(12)26-18)24-10-14(21-22-24)9-23-6-5-13-8-19-11-20-17(13)23/h1-8,10-11H,9H2. The largest absolute Gasteiger partial charge is 0.421 e. The monoisotopic (exact) mass is 344 g/mol. The van der Waals surface area contributed by atoms with Gasteiger partial charge in [-0.15, -0.1) is 5.10 Å². The number of benzene rings is 1. The van der Waals surface area contributed by atoms with Crippen LogP contribution in [0.15, 0.2) is 70.5 Å². The van der Waals surface area contributed by atoms with Crippen molar-refractivity contribution in [3.8, 4) is 5.69 Å². The number of hydrogen-bond donors (Lipinski definition) is 0. The van der Waals surface area contributed by atoms with Crippen molar-refractivity contribution in [2.45, 2.75) is 6.54 Å². The fourth-order valence-electron chi connectivity index (χ4n) is 2.93. The van der Waals surface area contributed by atoms with E-state index in [9.17, 15) is 4.79 Å². The van der Waals surface area contributed by atoms with E-state index in [0.29, 0.717) is 23.5 Å². The molecule has 5 rings (SSSR count). The molecule has 0 spiro atoms. The van der Waals surface area contributed by atoms with Crippen molar-refractivity contribution < 1.29 is 4.42 Å². The molecule has 0 aliphatic carbocycles. The zero-order valence-corrected chi connectivity index (χ0v) is 13.5. The number of fused-ring (bicyclic) bond motifs is 2. The summed E-state index contributed by atoms with van der Waals surface area (Å²) in [7, 11) is 0. The third-order valence-corrected chi connectivity index (χ3v) is 4.17. The van der Waals surface area contributed by atoms with Crippen LogP contribution >= 0.6 is 0 Å². The van der Waals surface area contributed by atoms with E-state index >= 15 is 0 Å². The highest BCUT2D eigenvalue weighted by molar-refractivity contribution is 5.78. The number of aromatic nitrogens is 6. The molecule has 4 heterocycles. The van der Waals surface area contributed by atoms with Gasteiger partial charge in [0, 0.05) is 23.2 Å². The van der Waals surface area contributed by atoms with Crippen molar-refractivity contribution in [2.75, 3.05) is 0 Å². The van der Waals surface area contributed by atoms with E-state index in [1.54, 1.807) is 24.5 Å². The summed E-state index contributed by atoms with van der Waals surface area (Å²) in [6.45, 7) is 0.486. The smallest absolute Gasteiger partial charge is 0.362 e. The summed E-state index contributed by atoms with van der Waals surface area (Å²) in [5.41, 5.74) is 1.93. The van der Waals surface area contributed by atoms with Gasteiger partial charge in [0.2, 0.25) is 0 Å². The van der Waals surface area contributed by atoms with Gasteiger partial charge in [0.25, 0.3) is 0 Å². The van der Waals surface area contributed by atoms with Crippen LogP contribution in [0.25, 0.3) is 27.7 Å². The second-order valence-electron chi connectivity index (χ2n) is 5.86. The van der Waals surface area contributed by atoms with Crippen LogP contribution in [0.5, 0.6) is 0 Å². The highest BCUT2D eigenvalue weighted by atomic mass is 16.4. The molecule has 8 heteroatoms. The first-order valence-electron chi connectivity index (χ1n) is 7.97. The molecule has 0 radical (unpaired) electrons. The van der Waals surface area contributed by atoms with Gasteiger partial charge in [-0.2, -0.15) is 0 Å². The lowest BCUT2D eigenvalue weighted by Crippen LogP contribution is -2.10. The van der Waals surface area contributed by atoms with E-state index in [1.165, 1.54) is 11.0 Å². The van der Waals surface area contributed by atoms with Crippen molar-refractivity contribution in [2.24, 2.45) is 0 Å². The summed E-state index contributed by atoms with van der Waals surface area (Å²) < 4.78 is 8.75. The summed E-state index contributed by atoms with van der Waals surface area (Å²) in [6.07, 6.45) is 6.91. The van der Waals surface area contributed by atoms with Crippen molar-refractivity contribution in [1.82, 2.24) is 29.5 Å².